The van der Waals surface area contributed by atoms with Crippen LogP contribution in [-0.4, -0.2) is 21.5 Å². The zero-order valence-corrected chi connectivity index (χ0v) is 15.3. The van der Waals surface area contributed by atoms with E-state index < -0.39 is 5.54 Å². The van der Waals surface area contributed by atoms with Crippen LogP contribution in [0.2, 0.25) is 5.02 Å². The summed E-state index contributed by atoms with van der Waals surface area (Å²) in [6.45, 7) is 5.96. The fourth-order valence-corrected chi connectivity index (χ4v) is 2.25. The summed E-state index contributed by atoms with van der Waals surface area (Å²) >= 11 is 6.13. The van der Waals surface area contributed by atoms with E-state index in [1.807, 2.05) is 45.0 Å². The van der Waals surface area contributed by atoms with Crippen LogP contribution in [0.15, 0.2) is 35.3 Å². The molecule has 5 nitrogen and oxygen atoms in total. The van der Waals surface area contributed by atoms with Gasteiger partial charge in [0.2, 0.25) is 0 Å². The Labute approximate surface area is 152 Å². The molecule has 0 unspecified atom stereocenters. The molecule has 25 heavy (non-hydrogen) atoms. The van der Waals surface area contributed by atoms with Gasteiger partial charge in [-0.3, -0.25) is 4.79 Å². The first-order valence-corrected chi connectivity index (χ1v) is 8.30. The van der Waals surface area contributed by atoms with Crippen molar-refractivity contribution < 1.29 is 9.84 Å². The minimum absolute atomic E-state index is 0.0245. The smallest absolute Gasteiger partial charge is 0.289 e. The molecule has 1 aromatic carbocycles. The number of aliphatic hydroxyl groups is 1. The van der Waals surface area contributed by atoms with Gasteiger partial charge in [0.05, 0.1) is 18.3 Å². The minimum atomic E-state index is -0.452. The first-order valence-electron chi connectivity index (χ1n) is 7.92. The topological polar surface area (TPSA) is 64.3 Å². The monoisotopic (exact) mass is 360 g/mol. The highest BCUT2D eigenvalue weighted by molar-refractivity contribution is 6.31. The maximum Gasteiger partial charge on any atom is 0.289 e. The molecule has 1 heterocycles. The molecule has 1 N–H and O–H groups in total. The molecule has 0 spiro atoms. The molecule has 132 valence electrons. The lowest BCUT2D eigenvalue weighted by Gasteiger charge is -2.21. The van der Waals surface area contributed by atoms with Gasteiger partial charge in [0, 0.05) is 12.0 Å². The molecule has 0 bridgehead atoms. The molecule has 0 atom stereocenters. The average molecular weight is 361 g/mol. The summed E-state index contributed by atoms with van der Waals surface area (Å²) < 4.78 is 6.97. The molecule has 0 aliphatic heterocycles. The molecule has 0 amide bonds. The SMILES string of the molecule is CC(C)(C)n1ncc(OCc2ccc(C#CCCO)cc2)c(Cl)c1=O. The molecule has 2 aromatic rings. The molecule has 6 heteroatoms. The van der Waals surface area contributed by atoms with E-state index in [2.05, 4.69) is 16.9 Å². The Kier molecular flexibility index (Phi) is 6.24. The largest absolute Gasteiger partial charge is 0.485 e. The molecule has 0 radical (unpaired) electrons. The number of aliphatic hydroxyl groups excluding tert-OH is 1. The number of aromatic nitrogens is 2. The van der Waals surface area contributed by atoms with Crippen molar-refractivity contribution in [2.75, 3.05) is 6.61 Å². The highest BCUT2D eigenvalue weighted by Crippen LogP contribution is 2.21. The van der Waals surface area contributed by atoms with Crippen molar-refractivity contribution in [1.82, 2.24) is 9.78 Å². The van der Waals surface area contributed by atoms with Crippen molar-refractivity contribution in [3.05, 3.63) is 57.0 Å². The zero-order valence-electron chi connectivity index (χ0n) is 14.5. The fourth-order valence-electron chi connectivity index (χ4n) is 2.06. The van der Waals surface area contributed by atoms with Crippen LogP contribution in [0.3, 0.4) is 0 Å². The summed E-state index contributed by atoms with van der Waals surface area (Å²) in [5.74, 6) is 6.09. The summed E-state index contributed by atoms with van der Waals surface area (Å²) in [5, 5.41) is 12.9. The summed E-state index contributed by atoms with van der Waals surface area (Å²) in [6.07, 6.45) is 1.92. The van der Waals surface area contributed by atoms with E-state index in [9.17, 15) is 4.79 Å². The van der Waals surface area contributed by atoms with Gasteiger partial charge in [-0.15, -0.1) is 0 Å². The van der Waals surface area contributed by atoms with Gasteiger partial charge in [-0.05, 0) is 38.5 Å². The first-order chi connectivity index (χ1) is 11.8. The van der Waals surface area contributed by atoms with Crippen molar-refractivity contribution in [2.24, 2.45) is 0 Å². The highest BCUT2D eigenvalue weighted by Gasteiger charge is 2.19. The molecule has 0 saturated carbocycles. The van der Waals surface area contributed by atoms with Crippen LogP contribution >= 0.6 is 11.6 Å². The van der Waals surface area contributed by atoms with Crippen molar-refractivity contribution in [3.63, 3.8) is 0 Å². The molecule has 0 aliphatic carbocycles. The van der Waals surface area contributed by atoms with E-state index in [4.69, 9.17) is 21.4 Å². The van der Waals surface area contributed by atoms with Gasteiger partial charge in [0.1, 0.15) is 6.61 Å². The summed E-state index contributed by atoms with van der Waals surface area (Å²) in [5.41, 5.74) is 0.959. The molecular weight excluding hydrogens is 340 g/mol. The minimum Gasteiger partial charge on any atom is -0.485 e. The molecular formula is C19H21ClN2O3. The van der Waals surface area contributed by atoms with Gasteiger partial charge in [-0.2, -0.15) is 5.10 Å². The molecule has 0 aliphatic rings. The van der Waals surface area contributed by atoms with Crippen molar-refractivity contribution in [3.8, 4) is 17.6 Å². The van der Waals surface area contributed by atoms with Gasteiger partial charge >= 0.3 is 0 Å². The third-order valence-corrected chi connectivity index (χ3v) is 3.69. The predicted octanol–water partition coefficient (Wildman–Crippen LogP) is 2.96. The highest BCUT2D eigenvalue weighted by atomic mass is 35.5. The Hall–Kier alpha value is -2.29. The quantitative estimate of drug-likeness (QED) is 0.851. The van der Waals surface area contributed by atoms with E-state index in [0.717, 1.165) is 11.1 Å². The van der Waals surface area contributed by atoms with Crippen molar-refractivity contribution in [2.45, 2.75) is 39.3 Å². The predicted molar refractivity (Wildman–Crippen MR) is 97.9 cm³/mol. The Morgan fingerprint density at radius 1 is 1.28 bits per heavy atom. The van der Waals surface area contributed by atoms with Crippen molar-refractivity contribution in [1.29, 1.82) is 0 Å². The fraction of sp³-hybridized carbons (Fsp3) is 0.368. The Morgan fingerprint density at radius 3 is 2.56 bits per heavy atom. The molecule has 2 rings (SSSR count). The second-order valence-electron chi connectivity index (χ2n) is 6.47. The summed E-state index contributed by atoms with van der Waals surface area (Å²) in [7, 11) is 0. The number of halogens is 1. The van der Waals surface area contributed by atoms with Crippen LogP contribution < -0.4 is 10.3 Å². The van der Waals surface area contributed by atoms with E-state index in [0.29, 0.717) is 6.42 Å². The third kappa shape index (κ3) is 5.09. The van der Waals surface area contributed by atoms with E-state index in [-0.39, 0.29) is 29.5 Å². The van der Waals surface area contributed by atoms with E-state index in [1.165, 1.54) is 10.9 Å². The molecule has 1 aromatic heterocycles. The number of ether oxygens (including phenoxy) is 1. The number of hydrogen-bond acceptors (Lipinski definition) is 4. The normalized spacial score (nSPS) is 10.9. The number of benzene rings is 1. The summed E-state index contributed by atoms with van der Waals surface area (Å²) in [6, 6.07) is 7.53. The Morgan fingerprint density at radius 2 is 1.96 bits per heavy atom. The van der Waals surface area contributed by atoms with Crippen LogP contribution in [0, 0.1) is 11.8 Å². The van der Waals surface area contributed by atoms with Gasteiger partial charge < -0.3 is 9.84 Å². The first kappa shape index (κ1) is 19.0. The third-order valence-electron chi connectivity index (χ3n) is 3.34. The lowest BCUT2D eigenvalue weighted by atomic mass is 10.1. The Bertz CT molecular complexity index is 840. The zero-order chi connectivity index (χ0) is 18.4. The van der Waals surface area contributed by atoms with Crippen LogP contribution in [0.4, 0.5) is 0 Å². The van der Waals surface area contributed by atoms with E-state index >= 15 is 0 Å². The van der Waals surface area contributed by atoms with Crippen LogP contribution in [0.1, 0.15) is 38.3 Å². The lowest BCUT2D eigenvalue weighted by Crippen LogP contribution is -2.36. The number of hydrogen-bond donors (Lipinski definition) is 1. The lowest BCUT2D eigenvalue weighted by molar-refractivity contribution is 0.292. The van der Waals surface area contributed by atoms with Crippen LogP contribution in [0.25, 0.3) is 0 Å². The summed E-state index contributed by atoms with van der Waals surface area (Å²) in [4.78, 5) is 12.3. The standard InChI is InChI=1S/C19H21ClN2O3/c1-19(2,3)22-18(24)17(20)16(12-21-22)25-13-15-9-7-14(8-10-15)6-4-5-11-23/h7-10,12,23H,5,11,13H2,1-3H3. The number of nitrogens with zero attached hydrogens (tertiary/aromatic N) is 2. The molecule has 0 fully saturated rings. The van der Waals surface area contributed by atoms with E-state index in [1.54, 1.807) is 0 Å². The van der Waals surface area contributed by atoms with Crippen molar-refractivity contribution >= 4 is 11.6 Å². The average Bonchev–Trinajstić information content (AvgIpc) is 2.56. The second kappa shape index (κ2) is 8.19. The van der Waals surface area contributed by atoms with Gasteiger partial charge in [-0.1, -0.05) is 35.6 Å². The van der Waals surface area contributed by atoms with Gasteiger partial charge in [0.25, 0.3) is 5.56 Å². The molecule has 0 saturated heterocycles. The maximum atomic E-state index is 12.3. The van der Waals surface area contributed by atoms with Crippen LogP contribution in [-0.2, 0) is 12.1 Å². The second-order valence-corrected chi connectivity index (χ2v) is 6.85. The Balaban J connectivity index is 2.08. The number of rotatable bonds is 4. The maximum absolute atomic E-state index is 12.3. The van der Waals surface area contributed by atoms with Crippen LogP contribution in [0.5, 0.6) is 5.75 Å². The van der Waals surface area contributed by atoms with Gasteiger partial charge in [-0.25, -0.2) is 4.68 Å². The van der Waals surface area contributed by atoms with Gasteiger partial charge in [0.15, 0.2) is 10.8 Å².